The zero-order valence-corrected chi connectivity index (χ0v) is 20.7. The van der Waals surface area contributed by atoms with Gasteiger partial charge >= 0.3 is 0 Å². The molecule has 2 fully saturated rings. The third-order valence-corrected chi connectivity index (χ3v) is 8.36. The van der Waals surface area contributed by atoms with Crippen LogP contribution in [0.3, 0.4) is 0 Å². The molecule has 0 radical (unpaired) electrons. The highest BCUT2D eigenvalue weighted by molar-refractivity contribution is 6.19. The van der Waals surface area contributed by atoms with Gasteiger partial charge in [0.25, 0.3) is 0 Å². The molecule has 0 aromatic heterocycles. The Morgan fingerprint density at radius 3 is 2.58 bits per heavy atom. The van der Waals surface area contributed by atoms with Crippen molar-refractivity contribution in [1.82, 2.24) is 4.90 Å². The smallest absolute Gasteiger partial charge is 0.230 e. The molecule has 5 N–H and O–H groups in total. The minimum Gasteiger partial charge on any atom is -0.507 e. The molecule has 36 heavy (non-hydrogen) atoms. The Labute approximate surface area is 210 Å². The zero-order chi connectivity index (χ0) is 25.9. The summed E-state index contributed by atoms with van der Waals surface area (Å²) in [5.41, 5.74) is 8.69. The SMILES string of the molecule is CC(C)CN1CC=C(c2ccc(O)c3c2CC2CC4CC(O)C(C(N)=O)C(=O)C4C(=O)C2=C3O)CC1. The summed E-state index contributed by atoms with van der Waals surface area (Å²) in [6.45, 7) is 7.19. The Morgan fingerprint density at radius 2 is 1.94 bits per heavy atom. The topological polar surface area (TPSA) is 141 Å². The molecule has 8 heteroatoms. The lowest BCUT2D eigenvalue weighted by Gasteiger charge is -2.44. The van der Waals surface area contributed by atoms with Crippen LogP contribution < -0.4 is 5.73 Å². The van der Waals surface area contributed by atoms with Gasteiger partial charge in [0.15, 0.2) is 11.6 Å². The van der Waals surface area contributed by atoms with E-state index in [4.69, 9.17) is 5.73 Å². The van der Waals surface area contributed by atoms with E-state index in [1.165, 1.54) is 0 Å². The predicted molar refractivity (Wildman–Crippen MR) is 134 cm³/mol. The van der Waals surface area contributed by atoms with Crippen LogP contribution in [0.5, 0.6) is 5.75 Å². The summed E-state index contributed by atoms with van der Waals surface area (Å²) in [7, 11) is 0. The number of primary amides is 1. The number of phenolic OH excluding ortho intramolecular Hbond substituents is 1. The first-order chi connectivity index (χ1) is 17.1. The third kappa shape index (κ3) is 3.96. The Hall–Kier alpha value is -2.97. The number of carbonyl (C=O) groups excluding carboxylic acids is 3. The number of benzene rings is 1. The number of nitrogens with two attached hydrogens (primary N) is 1. The number of fused-ring (bicyclic) bond motifs is 3. The zero-order valence-electron chi connectivity index (χ0n) is 20.7. The van der Waals surface area contributed by atoms with E-state index in [2.05, 4.69) is 24.8 Å². The second kappa shape index (κ2) is 9.16. The lowest BCUT2D eigenvalue weighted by atomic mass is 9.58. The van der Waals surface area contributed by atoms with Crippen LogP contribution in [0.25, 0.3) is 11.3 Å². The minimum atomic E-state index is -1.42. The number of allylic oxidation sites excluding steroid dienone is 1. The largest absolute Gasteiger partial charge is 0.507 e. The summed E-state index contributed by atoms with van der Waals surface area (Å²) < 4.78 is 0. The van der Waals surface area contributed by atoms with E-state index in [0.29, 0.717) is 18.8 Å². The van der Waals surface area contributed by atoms with Crippen molar-refractivity contribution >= 4 is 28.8 Å². The average Bonchev–Trinajstić information content (AvgIpc) is 2.78. The number of aliphatic hydroxyl groups excluding tert-OH is 2. The number of aliphatic hydroxyl groups is 2. The fourth-order valence-corrected chi connectivity index (χ4v) is 6.88. The first-order valence-electron chi connectivity index (χ1n) is 12.8. The second-order valence-electron chi connectivity index (χ2n) is 11.2. The van der Waals surface area contributed by atoms with Crippen molar-refractivity contribution in [1.29, 1.82) is 0 Å². The summed E-state index contributed by atoms with van der Waals surface area (Å²) in [6, 6.07) is 3.43. The van der Waals surface area contributed by atoms with Gasteiger partial charge in [-0.1, -0.05) is 26.0 Å². The van der Waals surface area contributed by atoms with E-state index in [1.807, 2.05) is 6.07 Å². The molecule has 3 aliphatic carbocycles. The first kappa shape index (κ1) is 24.7. The minimum absolute atomic E-state index is 0.106. The van der Waals surface area contributed by atoms with E-state index in [0.717, 1.165) is 42.8 Å². The van der Waals surface area contributed by atoms with Crippen LogP contribution in [0.1, 0.15) is 49.8 Å². The highest BCUT2D eigenvalue weighted by Gasteiger charge is 2.54. The molecule has 1 heterocycles. The molecule has 192 valence electrons. The highest BCUT2D eigenvalue weighted by Crippen LogP contribution is 2.51. The molecular weight excluding hydrogens is 460 g/mol. The van der Waals surface area contributed by atoms with Crippen LogP contribution in [0, 0.1) is 29.6 Å². The molecule has 8 nitrogen and oxygen atoms in total. The number of ketones is 2. The van der Waals surface area contributed by atoms with Crippen LogP contribution >= 0.6 is 0 Å². The number of phenols is 1. The summed E-state index contributed by atoms with van der Waals surface area (Å²) in [5, 5.41) is 32.4. The molecule has 2 saturated carbocycles. The number of hydrogen-bond acceptors (Lipinski definition) is 7. The monoisotopic (exact) mass is 494 g/mol. The molecule has 5 rings (SSSR count). The van der Waals surface area contributed by atoms with Crippen molar-refractivity contribution in [3.63, 3.8) is 0 Å². The molecular formula is C28H34N2O6. The lowest BCUT2D eigenvalue weighted by molar-refractivity contribution is -0.150. The van der Waals surface area contributed by atoms with Gasteiger partial charge in [-0.2, -0.15) is 0 Å². The number of amides is 1. The number of Topliss-reactive ketones (excluding diaryl/α,β-unsaturated/α-hetero) is 2. The van der Waals surface area contributed by atoms with Crippen LogP contribution in [0.4, 0.5) is 0 Å². The summed E-state index contributed by atoms with van der Waals surface area (Å²) >= 11 is 0. The normalized spacial score (nSPS) is 30.6. The molecule has 1 aromatic carbocycles. The van der Waals surface area contributed by atoms with E-state index in [1.54, 1.807) is 6.07 Å². The maximum atomic E-state index is 13.6. The Balaban J connectivity index is 1.53. The van der Waals surface area contributed by atoms with Crippen molar-refractivity contribution in [2.24, 2.45) is 35.3 Å². The third-order valence-electron chi connectivity index (χ3n) is 8.36. The number of rotatable bonds is 4. The number of nitrogens with zero attached hydrogens (tertiary/aromatic N) is 1. The molecule has 5 atom stereocenters. The van der Waals surface area contributed by atoms with Crippen molar-refractivity contribution in [3.05, 3.63) is 40.5 Å². The number of carbonyl (C=O) groups is 3. The van der Waals surface area contributed by atoms with Crippen molar-refractivity contribution in [3.8, 4) is 5.75 Å². The maximum absolute atomic E-state index is 13.6. The van der Waals surface area contributed by atoms with Gasteiger partial charge in [-0.15, -0.1) is 0 Å². The average molecular weight is 495 g/mol. The Morgan fingerprint density at radius 1 is 1.19 bits per heavy atom. The van der Waals surface area contributed by atoms with E-state index in [9.17, 15) is 29.7 Å². The fourth-order valence-electron chi connectivity index (χ4n) is 6.88. The Kier molecular flexibility index (Phi) is 6.29. The van der Waals surface area contributed by atoms with Gasteiger partial charge < -0.3 is 21.1 Å². The van der Waals surface area contributed by atoms with Gasteiger partial charge in [-0.05, 0) is 66.2 Å². The second-order valence-corrected chi connectivity index (χ2v) is 11.2. The summed E-state index contributed by atoms with van der Waals surface area (Å²) in [4.78, 5) is 40.8. The quantitative estimate of drug-likeness (QED) is 0.470. The molecule has 4 aliphatic rings. The molecule has 5 unspecified atom stereocenters. The molecule has 1 amide bonds. The van der Waals surface area contributed by atoms with Gasteiger partial charge in [0.1, 0.15) is 17.4 Å². The van der Waals surface area contributed by atoms with Crippen LogP contribution in [-0.2, 0) is 20.8 Å². The van der Waals surface area contributed by atoms with Crippen LogP contribution in [0.15, 0.2) is 23.8 Å². The molecule has 0 bridgehead atoms. The van der Waals surface area contributed by atoms with Gasteiger partial charge in [0.05, 0.1) is 17.6 Å². The number of aromatic hydroxyl groups is 1. The van der Waals surface area contributed by atoms with Gasteiger partial charge in [-0.3, -0.25) is 19.3 Å². The number of hydrogen-bond donors (Lipinski definition) is 4. The van der Waals surface area contributed by atoms with E-state index < -0.39 is 41.3 Å². The van der Waals surface area contributed by atoms with Gasteiger partial charge in [-0.25, -0.2) is 0 Å². The van der Waals surface area contributed by atoms with Crippen molar-refractivity contribution in [2.45, 2.75) is 45.6 Å². The van der Waals surface area contributed by atoms with Gasteiger partial charge in [0, 0.05) is 25.2 Å². The predicted octanol–water partition coefficient (Wildman–Crippen LogP) is 2.22. The molecule has 1 aromatic rings. The van der Waals surface area contributed by atoms with Gasteiger partial charge in [0.2, 0.25) is 5.91 Å². The Bertz CT molecular complexity index is 1200. The lowest BCUT2D eigenvalue weighted by Crippen LogP contribution is -2.54. The van der Waals surface area contributed by atoms with E-state index in [-0.39, 0.29) is 35.0 Å². The van der Waals surface area contributed by atoms with Crippen molar-refractivity contribution in [2.75, 3.05) is 19.6 Å². The molecule has 0 spiro atoms. The molecule has 0 saturated heterocycles. The standard InChI is InChI=1S/C28H34N2O6/c1-13(2)12-30-7-5-14(6-8-30)17-3-4-19(31)23-18(17)10-15-9-16-11-20(32)24(28(29)36)27(35)22(16)25(33)21(15)26(23)34/h3-5,13,15-16,20,22,24,31-32,34H,6-12H2,1-2H3,(H2,29,36). The summed E-state index contributed by atoms with van der Waals surface area (Å²) in [5.74, 6) is -5.22. The van der Waals surface area contributed by atoms with Crippen LogP contribution in [-0.4, -0.2) is 63.4 Å². The highest BCUT2D eigenvalue weighted by atomic mass is 16.3. The van der Waals surface area contributed by atoms with Crippen molar-refractivity contribution < 1.29 is 29.7 Å². The van der Waals surface area contributed by atoms with E-state index >= 15 is 0 Å². The first-order valence-corrected chi connectivity index (χ1v) is 12.8. The summed E-state index contributed by atoms with van der Waals surface area (Å²) in [6.07, 6.45) is 2.86. The molecule has 1 aliphatic heterocycles. The van der Waals surface area contributed by atoms with Crippen LogP contribution in [0.2, 0.25) is 0 Å². The fraction of sp³-hybridized carbons (Fsp3) is 0.536. The maximum Gasteiger partial charge on any atom is 0.230 e.